The predicted octanol–water partition coefficient (Wildman–Crippen LogP) is 3.40. The highest BCUT2D eigenvalue weighted by atomic mass is 16.3. The molecule has 0 spiro atoms. The number of rotatable bonds is 8. The van der Waals surface area contributed by atoms with Crippen LogP contribution in [0.2, 0.25) is 0 Å². The van der Waals surface area contributed by atoms with Gasteiger partial charge in [0.05, 0.1) is 5.60 Å². The van der Waals surface area contributed by atoms with Crippen molar-refractivity contribution < 1.29 is 9.90 Å². The molecular weight excluding hydrogens is 238 g/mol. The Morgan fingerprint density at radius 3 is 2.47 bits per heavy atom. The van der Waals surface area contributed by atoms with Crippen LogP contribution >= 0.6 is 0 Å². The van der Waals surface area contributed by atoms with Gasteiger partial charge in [0.1, 0.15) is 0 Å². The first-order chi connectivity index (χ1) is 9.06. The first-order valence-corrected chi connectivity index (χ1v) is 8.05. The Hall–Kier alpha value is -0.570. The smallest absolute Gasteiger partial charge is 0.220 e. The summed E-state index contributed by atoms with van der Waals surface area (Å²) in [5, 5.41) is 13.3. The summed E-state index contributed by atoms with van der Waals surface area (Å²) in [5.41, 5.74) is -0.648. The molecule has 0 aromatic heterocycles. The van der Waals surface area contributed by atoms with Crippen LogP contribution in [0.4, 0.5) is 0 Å². The number of carbonyl (C=O) groups is 1. The minimum atomic E-state index is -0.648. The van der Waals surface area contributed by atoms with E-state index in [0.717, 1.165) is 44.4 Å². The maximum absolute atomic E-state index is 11.7. The quantitative estimate of drug-likeness (QED) is 0.663. The first-order valence-electron chi connectivity index (χ1n) is 8.05. The van der Waals surface area contributed by atoms with Gasteiger partial charge in [-0.25, -0.2) is 0 Å². The summed E-state index contributed by atoms with van der Waals surface area (Å²) >= 11 is 0. The molecule has 0 aliphatic heterocycles. The van der Waals surface area contributed by atoms with Crippen LogP contribution in [0, 0.1) is 5.92 Å². The van der Waals surface area contributed by atoms with E-state index in [-0.39, 0.29) is 5.91 Å². The number of hydrogen-bond donors (Lipinski definition) is 2. The second kappa shape index (κ2) is 8.57. The van der Waals surface area contributed by atoms with E-state index in [1.165, 1.54) is 19.3 Å². The van der Waals surface area contributed by atoms with Crippen LogP contribution in [0.1, 0.15) is 78.1 Å². The van der Waals surface area contributed by atoms with Crippen LogP contribution in [-0.2, 0) is 4.79 Å². The average molecular weight is 269 g/mol. The van der Waals surface area contributed by atoms with Crippen molar-refractivity contribution in [1.29, 1.82) is 0 Å². The lowest BCUT2D eigenvalue weighted by molar-refractivity contribution is -0.123. The van der Waals surface area contributed by atoms with Gasteiger partial charge < -0.3 is 10.4 Å². The van der Waals surface area contributed by atoms with Crippen molar-refractivity contribution >= 4 is 5.91 Å². The zero-order chi connectivity index (χ0) is 14.1. The predicted molar refractivity (Wildman–Crippen MR) is 79.0 cm³/mol. The zero-order valence-electron chi connectivity index (χ0n) is 12.7. The van der Waals surface area contributed by atoms with Gasteiger partial charge in [-0.15, -0.1) is 0 Å². The van der Waals surface area contributed by atoms with Crippen LogP contribution in [0.3, 0.4) is 0 Å². The second-order valence-corrected chi connectivity index (χ2v) is 6.35. The van der Waals surface area contributed by atoms with E-state index in [1.807, 2.05) is 0 Å². The fraction of sp³-hybridized carbons (Fsp3) is 0.938. The largest absolute Gasteiger partial charge is 0.388 e. The summed E-state index contributed by atoms with van der Waals surface area (Å²) in [6.07, 6.45) is 10.2. The molecule has 0 aromatic rings. The van der Waals surface area contributed by atoms with Crippen LogP contribution in [0.5, 0.6) is 0 Å². The lowest BCUT2D eigenvalue weighted by Crippen LogP contribution is -2.45. The standard InChI is InChI=1S/C16H31NO2/c1-3-4-5-6-7-8-15(18)17-13-16(19)11-9-14(2)10-12-16/h14,19H,3-13H2,1-2H3,(H,17,18). The Morgan fingerprint density at radius 2 is 1.84 bits per heavy atom. The van der Waals surface area contributed by atoms with Gasteiger partial charge in [0.15, 0.2) is 0 Å². The minimum Gasteiger partial charge on any atom is -0.388 e. The summed E-state index contributed by atoms with van der Waals surface area (Å²) in [6.45, 7) is 4.86. The molecule has 0 bridgehead atoms. The third-order valence-electron chi connectivity index (χ3n) is 4.33. The van der Waals surface area contributed by atoms with Gasteiger partial charge in [0, 0.05) is 13.0 Å². The van der Waals surface area contributed by atoms with Crippen molar-refractivity contribution in [2.75, 3.05) is 6.54 Å². The first kappa shape index (κ1) is 16.5. The number of amides is 1. The molecule has 0 saturated heterocycles. The summed E-state index contributed by atoms with van der Waals surface area (Å²) < 4.78 is 0. The third kappa shape index (κ3) is 6.95. The second-order valence-electron chi connectivity index (χ2n) is 6.35. The van der Waals surface area contributed by atoms with Crippen molar-refractivity contribution in [3.05, 3.63) is 0 Å². The molecule has 19 heavy (non-hydrogen) atoms. The Bertz CT molecular complexity index is 257. The Labute approximate surface area is 118 Å². The molecule has 0 aromatic carbocycles. The summed E-state index contributed by atoms with van der Waals surface area (Å²) in [4.78, 5) is 11.7. The Kier molecular flexibility index (Phi) is 7.44. The summed E-state index contributed by atoms with van der Waals surface area (Å²) in [5.74, 6) is 0.818. The van der Waals surface area contributed by atoms with Crippen molar-refractivity contribution in [2.45, 2.75) is 83.7 Å². The maximum Gasteiger partial charge on any atom is 0.220 e. The van der Waals surface area contributed by atoms with Crippen molar-refractivity contribution in [1.82, 2.24) is 5.32 Å². The Morgan fingerprint density at radius 1 is 1.21 bits per heavy atom. The number of hydrogen-bond acceptors (Lipinski definition) is 2. The van der Waals surface area contributed by atoms with E-state index in [2.05, 4.69) is 19.2 Å². The molecule has 0 radical (unpaired) electrons. The van der Waals surface area contributed by atoms with Crippen LogP contribution in [0.25, 0.3) is 0 Å². The average Bonchev–Trinajstić information content (AvgIpc) is 2.40. The summed E-state index contributed by atoms with van der Waals surface area (Å²) in [7, 11) is 0. The number of carbonyl (C=O) groups excluding carboxylic acids is 1. The van der Waals surface area contributed by atoms with Gasteiger partial charge in [-0.1, -0.05) is 39.5 Å². The monoisotopic (exact) mass is 269 g/mol. The molecule has 1 fully saturated rings. The highest BCUT2D eigenvalue weighted by Gasteiger charge is 2.31. The Balaban J connectivity index is 2.09. The molecule has 112 valence electrons. The van der Waals surface area contributed by atoms with Crippen LogP contribution in [-0.4, -0.2) is 23.2 Å². The zero-order valence-corrected chi connectivity index (χ0v) is 12.7. The third-order valence-corrected chi connectivity index (χ3v) is 4.33. The van der Waals surface area contributed by atoms with Gasteiger partial charge >= 0.3 is 0 Å². The van der Waals surface area contributed by atoms with E-state index in [0.29, 0.717) is 13.0 Å². The van der Waals surface area contributed by atoms with Crippen LogP contribution in [0.15, 0.2) is 0 Å². The van der Waals surface area contributed by atoms with Crippen LogP contribution < -0.4 is 5.32 Å². The van der Waals surface area contributed by atoms with Gasteiger partial charge in [0.25, 0.3) is 0 Å². The molecule has 2 N–H and O–H groups in total. The number of unbranched alkanes of at least 4 members (excludes halogenated alkanes) is 4. The highest BCUT2D eigenvalue weighted by Crippen LogP contribution is 2.31. The van der Waals surface area contributed by atoms with Gasteiger partial charge in [-0.05, 0) is 38.0 Å². The lowest BCUT2D eigenvalue weighted by Gasteiger charge is -2.34. The van der Waals surface area contributed by atoms with E-state index in [4.69, 9.17) is 0 Å². The molecule has 1 rings (SSSR count). The van der Waals surface area contributed by atoms with Crippen molar-refractivity contribution in [2.24, 2.45) is 5.92 Å². The summed E-state index contributed by atoms with van der Waals surface area (Å²) in [6, 6.07) is 0. The van der Waals surface area contributed by atoms with Gasteiger partial charge in [-0.3, -0.25) is 4.79 Å². The van der Waals surface area contributed by atoms with E-state index in [9.17, 15) is 9.90 Å². The normalized spacial score (nSPS) is 27.2. The molecule has 0 atom stereocenters. The fourth-order valence-electron chi connectivity index (χ4n) is 2.72. The van der Waals surface area contributed by atoms with E-state index < -0.39 is 5.60 Å². The maximum atomic E-state index is 11.7. The number of aliphatic hydroxyl groups is 1. The molecule has 0 unspecified atom stereocenters. The minimum absolute atomic E-state index is 0.101. The molecule has 1 amide bonds. The molecule has 0 heterocycles. The molecule has 1 aliphatic rings. The molecule has 1 aliphatic carbocycles. The van der Waals surface area contributed by atoms with Crippen molar-refractivity contribution in [3.63, 3.8) is 0 Å². The molecule has 1 saturated carbocycles. The molecule has 3 heteroatoms. The van der Waals surface area contributed by atoms with E-state index >= 15 is 0 Å². The van der Waals surface area contributed by atoms with Gasteiger partial charge in [0.2, 0.25) is 5.91 Å². The lowest BCUT2D eigenvalue weighted by atomic mass is 9.79. The molecular formula is C16H31NO2. The molecule has 3 nitrogen and oxygen atoms in total. The topological polar surface area (TPSA) is 49.3 Å². The van der Waals surface area contributed by atoms with Gasteiger partial charge in [-0.2, -0.15) is 0 Å². The SMILES string of the molecule is CCCCCCCC(=O)NCC1(O)CCC(C)CC1. The van der Waals surface area contributed by atoms with E-state index in [1.54, 1.807) is 0 Å². The van der Waals surface area contributed by atoms with Crippen molar-refractivity contribution in [3.8, 4) is 0 Å². The highest BCUT2D eigenvalue weighted by molar-refractivity contribution is 5.75. The fourth-order valence-corrected chi connectivity index (χ4v) is 2.72. The number of nitrogens with one attached hydrogen (secondary N) is 1.